The van der Waals surface area contributed by atoms with Crippen LogP contribution in [0, 0.1) is 0 Å². The molecule has 0 radical (unpaired) electrons. The fourth-order valence-electron chi connectivity index (χ4n) is 2.21. The highest BCUT2D eigenvalue weighted by Crippen LogP contribution is 2.16. The normalized spacial score (nSPS) is 10.2. The number of carbonyl (C=O) groups excluding carboxylic acids is 1. The van der Waals surface area contributed by atoms with Crippen LogP contribution in [0.3, 0.4) is 0 Å². The second-order valence-electron chi connectivity index (χ2n) is 5.22. The van der Waals surface area contributed by atoms with Crippen LogP contribution < -0.4 is 9.64 Å². The Morgan fingerprint density at radius 3 is 2.38 bits per heavy atom. The molecule has 0 aliphatic heterocycles. The third-order valence-electron chi connectivity index (χ3n) is 3.54. The van der Waals surface area contributed by atoms with E-state index in [0.717, 1.165) is 11.3 Å². The van der Waals surface area contributed by atoms with Gasteiger partial charge < -0.3 is 9.64 Å². The van der Waals surface area contributed by atoms with Gasteiger partial charge in [-0.1, -0.05) is 48.5 Å². The molecule has 1 aromatic heterocycles. The molecule has 3 rings (SSSR count). The molecule has 24 heavy (non-hydrogen) atoms. The number of aromatic nitrogens is 2. The van der Waals surface area contributed by atoms with Gasteiger partial charge in [0.05, 0.1) is 0 Å². The molecule has 0 aliphatic carbocycles. The Morgan fingerprint density at radius 1 is 1.00 bits per heavy atom. The zero-order valence-corrected chi connectivity index (χ0v) is 13.3. The lowest BCUT2D eigenvalue weighted by Gasteiger charge is -2.16. The molecule has 0 atom stereocenters. The van der Waals surface area contributed by atoms with Crippen LogP contribution in [-0.4, -0.2) is 22.9 Å². The van der Waals surface area contributed by atoms with Crippen LogP contribution in [0.5, 0.6) is 5.88 Å². The molecule has 1 heterocycles. The van der Waals surface area contributed by atoms with Gasteiger partial charge in [0.2, 0.25) is 5.88 Å². The molecular formula is C19H17N3O2. The smallest absolute Gasteiger partial charge is 0.276 e. The van der Waals surface area contributed by atoms with Crippen molar-refractivity contribution in [3.05, 3.63) is 84.3 Å². The van der Waals surface area contributed by atoms with Gasteiger partial charge in [0.15, 0.2) is 0 Å². The van der Waals surface area contributed by atoms with Crippen molar-refractivity contribution >= 4 is 11.6 Å². The van der Waals surface area contributed by atoms with Crippen molar-refractivity contribution in [2.45, 2.75) is 6.61 Å². The molecular weight excluding hydrogens is 302 g/mol. The largest absolute Gasteiger partial charge is 0.473 e. The lowest BCUT2D eigenvalue weighted by molar-refractivity contribution is 0.0987. The molecule has 3 aromatic rings. The molecule has 1 amide bonds. The van der Waals surface area contributed by atoms with Gasteiger partial charge in [0.1, 0.15) is 18.6 Å². The van der Waals surface area contributed by atoms with Crippen LogP contribution in [-0.2, 0) is 6.61 Å². The molecule has 0 aliphatic rings. The van der Waals surface area contributed by atoms with E-state index in [1.54, 1.807) is 18.0 Å². The Morgan fingerprint density at radius 2 is 1.67 bits per heavy atom. The van der Waals surface area contributed by atoms with E-state index < -0.39 is 0 Å². The maximum Gasteiger partial charge on any atom is 0.276 e. The molecule has 0 bridgehead atoms. The van der Waals surface area contributed by atoms with Crippen molar-refractivity contribution in [2.75, 3.05) is 11.9 Å². The van der Waals surface area contributed by atoms with Crippen LogP contribution in [0.25, 0.3) is 0 Å². The highest BCUT2D eigenvalue weighted by molar-refractivity contribution is 6.04. The molecule has 0 saturated carbocycles. The van der Waals surface area contributed by atoms with Crippen LogP contribution in [0.2, 0.25) is 0 Å². The van der Waals surface area contributed by atoms with E-state index in [1.807, 2.05) is 60.7 Å². The number of anilines is 1. The fourth-order valence-corrected chi connectivity index (χ4v) is 2.21. The minimum atomic E-state index is -0.215. The average molecular weight is 319 g/mol. The van der Waals surface area contributed by atoms with Gasteiger partial charge in [0.25, 0.3) is 5.91 Å². The predicted octanol–water partition coefficient (Wildman–Crippen LogP) is 3.33. The number of amides is 1. The van der Waals surface area contributed by atoms with E-state index >= 15 is 0 Å². The first-order valence-electron chi connectivity index (χ1n) is 7.56. The summed E-state index contributed by atoms with van der Waals surface area (Å²) in [6, 6.07) is 20.7. The molecule has 0 spiro atoms. The summed E-state index contributed by atoms with van der Waals surface area (Å²) in [4.78, 5) is 22.2. The molecule has 120 valence electrons. The highest BCUT2D eigenvalue weighted by Gasteiger charge is 2.15. The number of ether oxygens (including phenoxy) is 1. The van der Waals surface area contributed by atoms with E-state index in [4.69, 9.17) is 4.74 Å². The molecule has 0 unspecified atom stereocenters. The molecule has 0 saturated heterocycles. The van der Waals surface area contributed by atoms with Gasteiger partial charge in [0, 0.05) is 18.8 Å². The maximum atomic E-state index is 12.6. The monoisotopic (exact) mass is 319 g/mol. The first kappa shape index (κ1) is 15.7. The summed E-state index contributed by atoms with van der Waals surface area (Å²) in [5, 5.41) is 0. The number of rotatable bonds is 5. The Hall–Kier alpha value is -3.21. The summed E-state index contributed by atoms with van der Waals surface area (Å²) in [7, 11) is 1.71. The fraction of sp³-hybridized carbons (Fsp3) is 0.105. The van der Waals surface area contributed by atoms with Gasteiger partial charge in [-0.3, -0.25) is 4.79 Å². The van der Waals surface area contributed by atoms with Crippen LogP contribution in [0.1, 0.15) is 16.1 Å². The number of hydrogen-bond donors (Lipinski definition) is 0. The van der Waals surface area contributed by atoms with E-state index in [0.29, 0.717) is 18.2 Å². The molecule has 5 heteroatoms. The Bertz CT molecular complexity index is 807. The molecule has 5 nitrogen and oxygen atoms in total. The SMILES string of the molecule is CN(C(=O)c1cc(OCc2ccccc2)ncn1)c1ccccc1. The van der Waals surface area contributed by atoms with E-state index in [-0.39, 0.29) is 5.91 Å². The van der Waals surface area contributed by atoms with Crippen molar-refractivity contribution in [1.82, 2.24) is 9.97 Å². The first-order valence-corrected chi connectivity index (χ1v) is 7.56. The minimum Gasteiger partial charge on any atom is -0.473 e. The predicted molar refractivity (Wildman–Crippen MR) is 92.0 cm³/mol. The second-order valence-corrected chi connectivity index (χ2v) is 5.22. The van der Waals surface area contributed by atoms with Crippen LogP contribution >= 0.6 is 0 Å². The summed E-state index contributed by atoms with van der Waals surface area (Å²) in [6.45, 7) is 0.389. The lowest BCUT2D eigenvalue weighted by atomic mass is 10.2. The van der Waals surface area contributed by atoms with E-state index in [9.17, 15) is 4.79 Å². The summed E-state index contributed by atoms with van der Waals surface area (Å²) >= 11 is 0. The average Bonchev–Trinajstić information content (AvgIpc) is 2.67. The van der Waals surface area contributed by atoms with Gasteiger partial charge in [-0.25, -0.2) is 9.97 Å². The standard InChI is InChI=1S/C19H17N3O2/c1-22(16-10-6-3-7-11-16)19(23)17-12-18(21-14-20-17)24-13-15-8-4-2-5-9-15/h2-12,14H,13H2,1H3. The number of benzene rings is 2. The Labute approximate surface area is 140 Å². The number of nitrogens with zero attached hydrogens (tertiary/aromatic N) is 3. The first-order chi connectivity index (χ1) is 11.7. The maximum absolute atomic E-state index is 12.6. The van der Waals surface area contributed by atoms with Gasteiger partial charge in [-0.15, -0.1) is 0 Å². The third kappa shape index (κ3) is 3.76. The van der Waals surface area contributed by atoms with Crippen LogP contribution in [0.4, 0.5) is 5.69 Å². The number of carbonyl (C=O) groups is 1. The number of para-hydroxylation sites is 1. The summed E-state index contributed by atoms with van der Waals surface area (Å²) < 4.78 is 5.65. The Balaban J connectivity index is 1.71. The van der Waals surface area contributed by atoms with Crippen molar-refractivity contribution < 1.29 is 9.53 Å². The van der Waals surface area contributed by atoms with Crippen molar-refractivity contribution in [1.29, 1.82) is 0 Å². The van der Waals surface area contributed by atoms with Crippen molar-refractivity contribution in [2.24, 2.45) is 0 Å². The summed E-state index contributed by atoms with van der Waals surface area (Å²) in [6.07, 6.45) is 1.34. The zero-order valence-electron chi connectivity index (χ0n) is 13.3. The number of hydrogen-bond acceptors (Lipinski definition) is 4. The highest BCUT2D eigenvalue weighted by atomic mass is 16.5. The summed E-state index contributed by atoms with van der Waals surface area (Å²) in [5.74, 6) is 0.159. The second kappa shape index (κ2) is 7.37. The molecule has 2 aromatic carbocycles. The Kier molecular flexibility index (Phi) is 4.81. The van der Waals surface area contributed by atoms with Gasteiger partial charge in [-0.2, -0.15) is 0 Å². The van der Waals surface area contributed by atoms with E-state index in [1.165, 1.54) is 6.33 Å². The zero-order chi connectivity index (χ0) is 16.8. The van der Waals surface area contributed by atoms with Crippen LogP contribution in [0.15, 0.2) is 73.1 Å². The quantitative estimate of drug-likeness (QED) is 0.724. The summed E-state index contributed by atoms with van der Waals surface area (Å²) in [5.41, 5.74) is 2.12. The lowest BCUT2D eigenvalue weighted by Crippen LogP contribution is -2.27. The molecule has 0 fully saturated rings. The van der Waals surface area contributed by atoms with Crippen molar-refractivity contribution in [3.63, 3.8) is 0 Å². The third-order valence-corrected chi connectivity index (χ3v) is 3.54. The molecule has 0 N–H and O–H groups in total. The topological polar surface area (TPSA) is 55.3 Å². The van der Waals surface area contributed by atoms with Gasteiger partial charge in [-0.05, 0) is 17.7 Å². The minimum absolute atomic E-state index is 0.215. The van der Waals surface area contributed by atoms with Gasteiger partial charge >= 0.3 is 0 Å². The van der Waals surface area contributed by atoms with E-state index in [2.05, 4.69) is 9.97 Å². The van der Waals surface area contributed by atoms with Crippen molar-refractivity contribution in [3.8, 4) is 5.88 Å².